The van der Waals surface area contributed by atoms with Gasteiger partial charge in [-0.3, -0.25) is 14.3 Å². The van der Waals surface area contributed by atoms with Crippen LogP contribution in [0.5, 0.6) is 0 Å². The molecule has 152 valence electrons. The zero-order valence-electron chi connectivity index (χ0n) is 16.3. The Bertz CT molecular complexity index is 903. The zero-order chi connectivity index (χ0) is 20.4. The first kappa shape index (κ1) is 19.7. The summed E-state index contributed by atoms with van der Waals surface area (Å²) < 4.78 is 1.86. The van der Waals surface area contributed by atoms with Crippen molar-refractivity contribution in [1.29, 1.82) is 0 Å². The molecule has 2 aliphatic rings. The number of halogens is 1. The Morgan fingerprint density at radius 3 is 2.48 bits per heavy atom. The van der Waals surface area contributed by atoms with Crippen LogP contribution in [-0.2, 0) is 15.0 Å². The second-order valence-electron chi connectivity index (χ2n) is 7.81. The monoisotopic (exact) mass is 412 g/mol. The lowest BCUT2D eigenvalue weighted by Gasteiger charge is -2.42. The molecule has 2 amide bonds. The van der Waals surface area contributed by atoms with E-state index in [0.717, 1.165) is 12.0 Å². The largest absolute Gasteiger partial charge is 0.340 e. The molecule has 7 heteroatoms. The van der Waals surface area contributed by atoms with E-state index in [-0.39, 0.29) is 17.9 Å². The third-order valence-electron chi connectivity index (χ3n) is 6.23. The first-order chi connectivity index (χ1) is 14.0. The van der Waals surface area contributed by atoms with Crippen LogP contribution in [0.2, 0.25) is 5.02 Å². The van der Waals surface area contributed by atoms with Gasteiger partial charge in [-0.1, -0.05) is 48.5 Å². The summed E-state index contributed by atoms with van der Waals surface area (Å²) in [5.74, 6) is 0.0751. The molecular weight excluding hydrogens is 388 g/mol. The molecule has 4 rings (SSSR count). The van der Waals surface area contributed by atoms with Crippen molar-refractivity contribution in [2.45, 2.75) is 30.7 Å². The molecule has 6 nitrogen and oxygen atoms in total. The standard InChI is InChI=1S/C22H25ClN4O2/c1-2-20(28)25-12-9-22(10-13-25,17-6-4-3-5-7-17)21(29)26-11-8-19(16-26)27-15-18(23)14-24-27/h2-7,14-15,19H,1,8-13,16H2. The minimum absolute atomic E-state index is 0.0732. The Hall–Kier alpha value is -2.60. The summed E-state index contributed by atoms with van der Waals surface area (Å²) in [5.41, 5.74) is 0.428. The van der Waals surface area contributed by atoms with E-state index >= 15 is 0 Å². The molecular formula is C22H25ClN4O2. The maximum absolute atomic E-state index is 13.8. The molecule has 1 aromatic carbocycles. The number of nitrogens with zero attached hydrogens (tertiary/aromatic N) is 4. The van der Waals surface area contributed by atoms with Crippen LogP contribution >= 0.6 is 11.6 Å². The number of benzene rings is 1. The van der Waals surface area contributed by atoms with E-state index in [1.807, 2.05) is 46.1 Å². The topological polar surface area (TPSA) is 58.4 Å². The van der Waals surface area contributed by atoms with Crippen LogP contribution < -0.4 is 0 Å². The second kappa shape index (κ2) is 8.03. The lowest BCUT2D eigenvalue weighted by atomic mass is 9.71. The van der Waals surface area contributed by atoms with Crippen molar-refractivity contribution in [3.05, 3.63) is 66.0 Å². The summed E-state index contributed by atoms with van der Waals surface area (Å²) in [6.07, 6.45) is 6.87. The molecule has 0 saturated carbocycles. The fourth-order valence-corrected chi connectivity index (χ4v) is 4.72. The summed E-state index contributed by atoms with van der Waals surface area (Å²) in [6, 6.07) is 10.1. The summed E-state index contributed by atoms with van der Waals surface area (Å²) in [4.78, 5) is 29.6. The molecule has 0 N–H and O–H groups in total. The maximum atomic E-state index is 13.8. The van der Waals surface area contributed by atoms with Crippen LogP contribution in [0.15, 0.2) is 55.4 Å². The van der Waals surface area contributed by atoms with E-state index in [0.29, 0.717) is 44.0 Å². The van der Waals surface area contributed by atoms with Crippen molar-refractivity contribution in [2.75, 3.05) is 26.2 Å². The first-order valence-corrected chi connectivity index (χ1v) is 10.4. The SMILES string of the molecule is C=CC(=O)N1CCC(C(=O)N2CCC(n3cc(Cl)cn3)C2)(c2ccccc2)CC1. The number of hydrogen-bond acceptors (Lipinski definition) is 3. The lowest BCUT2D eigenvalue weighted by Crippen LogP contribution is -2.53. The Morgan fingerprint density at radius 2 is 1.86 bits per heavy atom. The molecule has 29 heavy (non-hydrogen) atoms. The van der Waals surface area contributed by atoms with Gasteiger partial charge in [0.2, 0.25) is 11.8 Å². The summed E-state index contributed by atoms with van der Waals surface area (Å²) in [6.45, 7) is 6.01. The third-order valence-corrected chi connectivity index (χ3v) is 6.43. The fourth-order valence-electron chi connectivity index (χ4n) is 4.58. The van der Waals surface area contributed by atoms with Gasteiger partial charge in [0.1, 0.15) is 0 Å². The quantitative estimate of drug-likeness (QED) is 0.725. The Kier molecular flexibility index (Phi) is 5.46. The van der Waals surface area contributed by atoms with Crippen molar-refractivity contribution < 1.29 is 9.59 Å². The van der Waals surface area contributed by atoms with Crippen LogP contribution in [0.1, 0.15) is 30.9 Å². The first-order valence-electron chi connectivity index (χ1n) is 9.99. The molecule has 2 aromatic rings. The van der Waals surface area contributed by atoms with E-state index in [2.05, 4.69) is 11.7 Å². The van der Waals surface area contributed by atoms with E-state index in [9.17, 15) is 9.59 Å². The number of piperidine rings is 1. The van der Waals surface area contributed by atoms with E-state index in [1.165, 1.54) is 6.08 Å². The number of likely N-dealkylation sites (tertiary alicyclic amines) is 2. The molecule has 2 aliphatic heterocycles. The molecule has 2 saturated heterocycles. The predicted octanol–water partition coefficient (Wildman–Crippen LogP) is 3.06. The van der Waals surface area contributed by atoms with Gasteiger partial charge >= 0.3 is 0 Å². The van der Waals surface area contributed by atoms with Crippen LogP contribution in [0.3, 0.4) is 0 Å². The third kappa shape index (κ3) is 3.69. The van der Waals surface area contributed by atoms with E-state index in [1.54, 1.807) is 11.1 Å². The van der Waals surface area contributed by atoms with Gasteiger partial charge in [-0.05, 0) is 30.9 Å². The van der Waals surface area contributed by atoms with E-state index < -0.39 is 5.41 Å². The lowest BCUT2D eigenvalue weighted by molar-refractivity contribution is -0.141. The summed E-state index contributed by atoms with van der Waals surface area (Å²) >= 11 is 6.01. The molecule has 1 atom stereocenters. The summed E-state index contributed by atoms with van der Waals surface area (Å²) in [5, 5.41) is 4.92. The van der Waals surface area contributed by atoms with Gasteiger partial charge in [0, 0.05) is 32.4 Å². The highest BCUT2D eigenvalue weighted by atomic mass is 35.5. The van der Waals surface area contributed by atoms with Gasteiger partial charge in [0.15, 0.2) is 0 Å². The minimum atomic E-state index is -0.601. The van der Waals surface area contributed by atoms with Gasteiger partial charge in [0.05, 0.1) is 22.7 Å². The highest BCUT2D eigenvalue weighted by molar-refractivity contribution is 6.30. The predicted molar refractivity (Wildman–Crippen MR) is 112 cm³/mol. The van der Waals surface area contributed by atoms with Gasteiger partial charge in [-0.2, -0.15) is 5.10 Å². The maximum Gasteiger partial charge on any atom is 0.245 e. The number of carbonyl (C=O) groups is 2. The van der Waals surface area contributed by atoms with Crippen molar-refractivity contribution in [1.82, 2.24) is 19.6 Å². The van der Waals surface area contributed by atoms with Gasteiger partial charge < -0.3 is 9.80 Å². The van der Waals surface area contributed by atoms with Gasteiger partial charge in [-0.15, -0.1) is 0 Å². The molecule has 2 fully saturated rings. The molecule has 3 heterocycles. The molecule has 0 radical (unpaired) electrons. The number of carbonyl (C=O) groups excluding carboxylic acids is 2. The van der Waals surface area contributed by atoms with Crippen molar-refractivity contribution >= 4 is 23.4 Å². The molecule has 1 unspecified atom stereocenters. The van der Waals surface area contributed by atoms with Crippen LogP contribution in [0.4, 0.5) is 0 Å². The Balaban J connectivity index is 1.57. The highest BCUT2D eigenvalue weighted by Crippen LogP contribution is 2.39. The van der Waals surface area contributed by atoms with Gasteiger partial charge in [0.25, 0.3) is 0 Å². The molecule has 0 aliphatic carbocycles. The molecule has 0 bridgehead atoms. The molecule has 0 spiro atoms. The highest BCUT2D eigenvalue weighted by Gasteiger charge is 2.46. The average Bonchev–Trinajstić information content (AvgIpc) is 3.42. The van der Waals surface area contributed by atoms with E-state index in [4.69, 9.17) is 11.6 Å². The van der Waals surface area contributed by atoms with Crippen molar-refractivity contribution in [2.24, 2.45) is 0 Å². The Labute approximate surface area is 175 Å². The number of hydrogen-bond donors (Lipinski definition) is 0. The van der Waals surface area contributed by atoms with Crippen molar-refractivity contribution in [3.8, 4) is 0 Å². The number of rotatable bonds is 4. The number of aromatic nitrogens is 2. The van der Waals surface area contributed by atoms with Crippen LogP contribution in [0.25, 0.3) is 0 Å². The normalized spacial score (nSPS) is 21.2. The molecule has 1 aromatic heterocycles. The number of amides is 2. The summed E-state index contributed by atoms with van der Waals surface area (Å²) in [7, 11) is 0. The second-order valence-corrected chi connectivity index (χ2v) is 8.25. The average molecular weight is 413 g/mol. The smallest absolute Gasteiger partial charge is 0.245 e. The van der Waals surface area contributed by atoms with Crippen molar-refractivity contribution in [3.63, 3.8) is 0 Å². The minimum Gasteiger partial charge on any atom is -0.340 e. The van der Waals surface area contributed by atoms with Crippen LogP contribution in [0, 0.1) is 0 Å². The zero-order valence-corrected chi connectivity index (χ0v) is 17.1. The van der Waals surface area contributed by atoms with Crippen LogP contribution in [-0.4, -0.2) is 57.6 Å². The Morgan fingerprint density at radius 1 is 1.14 bits per heavy atom. The fraction of sp³-hybridized carbons (Fsp3) is 0.409. The van der Waals surface area contributed by atoms with Gasteiger partial charge in [-0.25, -0.2) is 0 Å².